The van der Waals surface area contributed by atoms with Gasteiger partial charge in [-0.3, -0.25) is 4.79 Å². The summed E-state index contributed by atoms with van der Waals surface area (Å²) in [6.45, 7) is 2.73. The summed E-state index contributed by atoms with van der Waals surface area (Å²) in [5.41, 5.74) is 0. The van der Waals surface area contributed by atoms with E-state index in [4.69, 9.17) is 6.42 Å². The molecule has 1 N–H and O–H groups in total. The van der Waals surface area contributed by atoms with Gasteiger partial charge in [-0.2, -0.15) is 0 Å². The van der Waals surface area contributed by atoms with Gasteiger partial charge in [0.05, 0.1) is 0 Å². The Hall–Kier alpha value is -1.01. The lowest BCUT2D eigenvalue weighted by molar-refractivity contribution is -0.125. The molecule has 1 aliphatic carbocycles. The Morgan fingerprint density at radius 2 is 2.20 bits per heavy atom. The lowest BCUT2D eigenvalue weighted by atomic mass is 10.2. The highest BCUT2D eigenvalue weighted by molar-refractivity contribution is 5.92. The van der Waals surface area contributed by atoms with Crippen LogP contribution in [0.5, 0.6) is 0 Å². The molecule has 0 aromatic carbocycles. The summed E-state index contributed by atoms with van der Waals surface area (Å²) in [7, 11) is 0. The van der Waals surface area contributed by atoms with E-state index < -0.39 is 0 Å². The van der Waals surface area contributed by atoms with Crippen molar-refractivity contribution in [1.29, 1.82) is 0 Å². The molecule has 2 rings (SSSR count). The molecule has 1 aliphatic heterocycles. The molecule has 0 spiro atoms. The number of hydrogen-bond donors (Lipinski definition) is 1. The third-order valence-corrected chi connectivity index (χ3v) is 3.19. The molecule has 1 saturated heterocycles. The van der Waals surface area contributed by atoms with E-state index in [2.05, 4.69) is 11.2 Å². The van der Waals surface area contributed by atoms with E-state index in [1.54, 1.807) is 0 Å². The standard InChI is InChI=1S/C12H18N2O/c1-2-12(15)14(8-10-5-6-10)9-11-4-3-7-13-11/h1,10-11,13H,3-9H2. The van der Waals surface area contributed by atoms with E-state index in [1.807, 2.05) is 4.90 Å². The third-order valence-electron chi connectivity index (χ3n) is 3.19. The second kappa shape index (κ2) is 4.67. The van der Waals surface area contributed by atoms with Gasteiger partial charge in [-0.15, -0.1) is 6.42 Å². The fourth-order valence-corrected chi connectivity index (χ4v) is 2.12. The monoisotopic (exact) mass is 206 g/mol. The first-order valence-electron chi connectivity index (χ1n) is 5.78. The van der Waals surface area contributed by atoms with E-state index in [1.165, 1.54) is 25.7 Å². The molecule has 2 aliphatic rings. The van der Waals surface area contributed by atoms with Crippen molar-refractivity contribution < 1.29 is 4.79 Å². The number of nitrogens with one attached hydrogen (secondary N) is 1. The predicted octanol–water partition coefficient (Wildman–Crippen LogP) is 0.610. The molecule has 15 heavy (non-hydrogen) atoms. The summed E-state index contributed by atoms with van der Waals surface area (Å²) in [4.78, 5) is 13.4. The van der Waals surface area contributed by atoms with Crippen molar-refractivity contribution in [2.24, 2.45) is 5.92 Å². The number of terminal acetylenes is 1. The Labute approximate surface area is 91.2 Å². The molecule has 0 aromatic heterocycles. The van der Waals surface area contributed by atoms with E-state index >= 15 is 0 Å². The number of rotatable bonds is 4. The van der Waals surface area contributed by atoms with Crippen molar-refractivity contribution in [3.05, 3.63) is 0 Å². The van der Waals surface area contributed by atoms with Crippen LogP contribution in [0.3, 0.4) is 0 Å². The zero-order chi connectivity index (χ0) is 10.7. The largest absolute Gasteiger partial charge is 0.330 e. The van der Waals surface area contributed by atoms with Crippen LogP contribution >= 0.6 is 0 Å². The van der Waals surface area contributed by atoms with Gasteiger partial charge in [-0.1, -0.05) is 0 Å². The van der Waals surface area contributed by atoms with Crippen LogP contribution in [-0.2, 0) is 4.79 Å². The molecule has 1 atom stereocenters. The molecule has 82 valence electrons. The van der Waals surface area contributed by atoms with E-state index in [0.29, 0.717) is 12.0 Å². The zero-order valence-electron chi connectivity index (χ0n) is 9.04. The highest BCUT2D eigenvalue weighted by Gasteiger charge is 2.28. The van der Waals surface area contributed by atoms with Crippen LogP contribution in [0.25, 0.3) is 0 Å². The smallest absolute Gasteiger partial charge is 0.298 e. The average molecular weight is 206 g/mol. The van der Waals surface area contributed by atoms with E-state index in [-0.39, 0.29) is 5.91 Å². The van der Waals surface area contributed by atoms with Crippen LogP contribution in [0.4, 0.5) is 0 Å². The van der Waals surface area contributed by atoms with Crippen LogP contribution in [-0.4, -0.2) is 36.5 Å². The molecule has 2 fully saturated rings. The summed E-state index contributed by atoms with van der Waals surface area (Å²) in [6.07, 6.45) is 10.1. The van der Waals surface area contributed by atoms with Crippen LogP contribution in [0.15, 0.2) is 0 Å². The van der Waals surface area contributed by atoms with Gasteiger partial charge in [0.15, 0.2) is 0 Å². The van der Waals surface area contributed by atoms with Gasteiger partial charge >= 0.3 is 0 Å². The molecule has 3 heteroatoms. The van der Waals surface area contributed by atoms with Crippen molar-refractivity contribution in [3.8, 4) is 12.3 Å². The highest BCUT2D eigenvalue weighted by atomic mass is 16.2. The van der Waals surface area contributed by atoms with Gasteiger partial charge in [0, 0.05) is 19.1 Å². The summed E-state index contributed by atoms with van der Waals surface area (Å²) >= 11 is 0. The lowest BCUT2D eigenvalue weighted by Crippen LogP contribution is -2.41. The number of carbonyl (C=O) groups is 1. The zero-order valence-corrected chi connectivity index (χ0v) is 9.04. The molecule has 0 aromatic rings. The van der Waals surface area contributed by atoms with Gasteiger partial charge in [0.1, 0.15) is 0 Å². The Kier molecular flexibility index (Phi) is 3.27. The maximum atomic E-state index is 11.5. The average Bonchev–Trinajstić information content (AvgIpc) is 2.91. The summed E-state index contributed by atoms with van der Waals surface area (Å²) < 4.78 is 0. The molecule has 0 radical (unpaired) electrons. The quantitative estimate of drug-likeness (QED) is 0.684. The first kappa shape index (κ1) is 10.5. The Morgan fingerprint density at radius 1 is 1.40 bits per heavy atom. The van der Waals surface area contributed by atoms with Crippen LogP contribution in [0, 0.1) is 18.3 Å². The molecule has 1 amide bonds. The minimum Gasteiger partial charge on any atom is -0.330 e. The van der Waals surface area contributed by atoms with Gasteiger partial charge in [0.2, 0.25) is 0 Å². The lowest BCUT2D eigenvalue weighted by Gasteiger charge is -2.23. The van der Waals surface area contributed by atoms with E-state index in [0.717, 1.165) is 19.6 Å². The molecule has 1 saturated carbocycles. The van der Waals surface area contributed by atoms with Gasteiger partial charge in [-0.05, 0) is 44.1 Å². The van der Waals surface area contributed by atoms with Crippen molar-refractivity contribution in [3.63, 3.8) is 0 Å². The second-order valence-electron chi connectivity index (χ2n) is 4.59. The maximum absolute atomic E-state index is 11.5. The van der Waals surface area contributed by atoms with Crippen molar-refractivity contribution >= 4 is 5.91 Å². The molecule has 3 nitrogen and oxygen atoms in total. The van der Waals surface area contributed by atoms with Crippen molar-refractivity contribution in [2.45, 2.75) is 31.7 Å². The number of hydrogen-bond acceptors (Lipinski definition) is 2. The molecular formula is C12H18N2O. The Balaban J connectivity index is 1.85. The fourth-order valence-electron chi connectivity index (χ4n) is 2.12. The number of nitrogens with zero attached hydrogens (tertiary/aromatic N) is 1. The Morgan fingerprint density at radius 3 is 2.73 bits per heavy atom. The summed E-state index contributed by atoms with van der Waals surface area (Å²) in [5.74, 6) is 2.80. The van der Waals surface area contributed by atoms with E-state index in [9.17, 15) is 4.79 Å². The van der Waals surface area contributed by atoms with Crippen molar-refractivity contribution in [1.82, 2.24) is 10.2 Å². The second-order valence-corrected chi connectivity index (χ2v) is 4.59. The first-order chi connectivity index (χ1) is 7.29. The molecule has 1 unspecified atom stereocenters. The molecule has 1 heterocycles. The van der Waals surface area contributed by atoms with Crippen LogP contribution in [0.2, 0.25) is 0 Å². The van der Waals surface area contributed by atoms with Crippen LogP contribution < -0.4 is 5.32 Å². The van der Waals surface area contributed by atoms with Crippen molar-refractivity contribution in [2.75, 3.05) is 19.6 Å². The number of amides is 1. The molecular weight excluding hydrogens is 188 g/mol. The predicted molar refractivity (Wildman–Crippen MR) is 59.2 cm³/mol. The normalized spacial score (nSPS) is 24.9. The first-order valence-corrected chi connectivity index (χ1v) is 5.78. The fraction of sp³-hybridized carbons (Fsp3) is 0.750. The summed E-state index contributed by atoms with van der Waals surface area (Å²) in [5, 5.41) is 3.40. The summed E-state index contributed by atoms with van der Waals surface area (Å²) in [6, 6.07) is 0.459. The third kappa shape index (κ3) is 2.97. The highest BCUT2D eigenvalue weighted by Crippen LogP contribution is 2.29. The van der Waals surface area contributed by atoms with Gasteiger partial charge in [-0.25, -0.2) is 0 Å². The molecule has 0 bridgehead atoms. The van der Waals surface area contributed by atoms with Crippen LogP contribution in [0.1, 0.15) is 25.7 Å². The minimum absolute atomic E-state index is 0.143. The SMILES string of the molecule is C#CC(=O)N(CC1CC1)CC1CCCN1. The minimum atomic E-state index is -0.143. The topological polar surface area (TPSA) is 32.3 Å². The van der Waals surface area contributed by atoms with Gasteiger partial charge in [0.25, 0.3) is 5.91 Å². The number of carbonyl (C=O) groups excluding carboxylic acids is 1. The Bertz CT molecular complexity index is 272. The maximum Gasteiger partial charge on any atom is 0.298 e. The van der Waals surface area contributed by atoms with Gasteiger partial charge < -0.3 is 10.2 Å².